The number of benzene rings is 1. The number of amides is 1. The molecule has 1 fully saturated rings. The number of nitrogens with one attached hydrogen (secondary N) is 2. The third-order valence-corrected chi connectivity index (χ3v) is 4.61. The minimum atomic E-state index is -0.0919. The topological polar surface area (TPSA) is 44.9 Å². The van der Waals surface area contributed by atoms with Crippen LogP contribution in [0.5, 0.6) is 0 Å². The quantitative estimate of drug-likeness (QED) is 0.858. The van der Waals surface area contributed by atoms with Gasteiger partial charge < -0.3 is 10.3 Å². The Morgan fingerprint density at radius 2 is 1.95 bits per heavy atom. The van der Waals surface area contributed by atoms with Crippen LogP contribution in [0.4, 0.5) is 0 Å². The first kappa shape index (κ1) is 13.5. The first-order valence-corrected chi connectivity index (χ1v) is 7.60. The molecule has 4 heteroatoms. The number of aromatic nitrogens is 1. The van der Waals surface area contributed by atoms with Gasteiger partial charge >= 0.3 is 0 Å². The molecule has 1 aromatic heterocycles. The molecule has 0 atom stereocenters. The predicted octanol–water partition coefficient (Wildman–Crippen LogP) is 4.13. The maximum Gasteiger partial charge on any atom is 0.269 e. The van der Waals surface area contributed by atoms with Crippen molar-refractivity contribution in [3.8, 4) is 0 Å². The zero-order valence-corrected chi connectivity index (χ0v) is 12.3. The molecule has 0 saturated heterocycles. The predicted molar refractivity (Wildman–Crippen MR) is 82.2 cm³/mol. The van der Waals surface area contributed by atoms with E-state index in [1.807, 2.05) is 24.3 Å². The molecular formula is C16H19ClN2O. The van der Waals surface area contributed by atoms with E-state index in [1.54, 1.807) is 0 Å². The molecule has 106 valence electrons. The zero-order valence-electron chi connectivity index (χ0n) is 11.6. The van der Waals surface area contributed by atoms with E-state index in [4.69, 9.17) is 11.6 Å². The van der Waals surface area contributed by atoms with Gasteiger partial charge in [0.25, 0.3) is 5.91 Å². The number of carbonyl (C=O) groups is 1. The summed E-state index contributed by atoms with van der Waals surface area (Å²) in [6, 6.07) is 7.99. The first-order valence-electron chi connectivity index (χ1n) is 7.22. The summed E-state index contributed by atoms with van der Waals surface area (Å²) in [5.74, 6) is 0.686. The van der Waals surface area contributed by atoms with Gasteiger partial charge in [0.1, 0.15) is 5.69 Å². The lowest BCUT2D eigenvalue weighted by Crippen LogP contribution is -2.37. The standard InChI is InChI=1S/C16H19ClN2O/c1-10-6-8-11(9-7-10)18-16(20)15-14(17)12-4-2-3-5-13(12)19-15/h2-5,10-11,19H,6-9H2,1H3,(H,18,20). The molecule has 1 heterocycles. The largest absolute Gasteiger partial charge is 0.349 e. The molecule has 1 aliphatic carbocycles. The van der Waals surface area contributed by atoms with Crippen LogP contribution in [0, 0.1) is 5.92 Å². The Morgan fingerprint density at radius 1 is 1.25 bits per heavy atom. The lowest BCUT2D eigenvalue weighted by atomic mass is 9.87. The molecule has 2 N–H and O–H groups in total. The first-order chi connectivity index (χ1) is 9.65. The molecule has 1 saturated carbocycles. The maximum atomic E-state index is 12.4. The molecular weight excluding hydrogens is 272 g/mol. The highest BCUT2D eigenvalue weighted by atomic mass is 35.5. The van der Waals surface area contributed by atoms with E-state index in [1.165, 1.54) is 12.8 Å². The van der Waals surface area contributed by atoms with Crippen LogP contribution >= 0.6 is 11.6 Å². The summed E-state index contributed by atoms with van der Waals surface area (Å²) >= 11 is 6.30. The fourth-order valence-corrected chi connectivity index (χ4v) is 3.22. The van der Waals surface area contributed by atoms with E-state index in [0.717, 1.165) is 29.7 Å². The van der Waals surface area contributed by atoms with Gasteiger partial charge in [0.15, 0.2) is 0 Å². The fraction of sp³-hybridized carbons (Fsp3) is 0.438. The number of aromatic amines is 1. The van der Waals surface area contributed by atoms with E-state index in [9.17, 15) is 4.79 Å². The number of carbonyl (C=O) groups excluding carboxylic acids is 1. The Labute approximate surface area is 123 Å². The van der Waals surface area contributed by atoms with E-state index >= 15 is 0 Å². The highest BCUT2D eigenvalue weighted by Gasteiger charge is 2.22. The molecule has 0 bridgehead atoms. The molecule has 2 aromatic rings. The minimum Gasteiger partial charge on any atom is -0.349 e. The van der Waals surface area contributed by atoms with Crippen molar-refractivity contribution in [3.05, 3.63) is 35.0 Å². The number of H-pyrrole nitrogens is 1. The number of hydrogen-bond acceptors (Lipinski definition) is 1. The summed E-state index contributed by atoms with van der Waals surface area (Å²) in [5.41, 5.74) is 1.38. The van der Waals surface area contributed by atoms with Crippen molar-refractivity contribution in [1.82, 2.24) is 10.3 Å². The van der Waals surface area contributed by atoms with Crippen LogP contribution in [0.15, 0.2) is 24.3 Å². The third kappa shape index (κ3) is 2.55. The Kier molecular flexibility index (Phi) is 3.70. The van der Waals surface area contributed by atoms with Gasteiger partial charge in [-0.3, -0.25) is 4.79 Å². The summed E-state index contributed by atoms with van der Waals surface area (Å²) in [5, 5.41) is 4.52. The van der Waals surface area contributed by atoms with E-state index in [0.29, 0.717) is 10.7 Å². The van der Waals surface area contributed by atoms with E-state index in [2.05, 4.69) is 17.2 Å². The SMILES string of the molecule is CC1CCC(NC(=O)c2[nH]c3ccccc3c2Cl)CC1. The van der Waals surface area contributed by atoms with Crippen LogP contribution in [-0.4, -0.2) is 16.9 Å². The summed E-state index contributed by atoms with van der Waals surface area (Å²) in [7, 11) is 0. The average molecular weight is 291 g/mol. The minimum absolute atomic E-state index is 0.0919. The number of halogens is 1. The van der Waals surface area contributed by atoms with Crippen molar-refractivity contribution in [1.29, 1.82) is 0 Å². The van der Waals surface area contributed by atoms with Crippen LogP contribution in [-0.2, 0) is 0 Å². The monoisotopic (exact) mass is 290 g/mol. The molecule has 0 unspecified atom stereocenters. The van der Waals surface area contributed by atoms with Gasteiger partial charge in [0.05, 0.1) is 5.02 Å². The molecule has 1 amide bonds. The molecule has 0 radical (unpaired) electrons. The highest BCUT2D eigenvalue weighted by molar-refractivity contribution is 6.38. The van der Waals surface area contributed by atoms with Crippen molar-refractivity contribution in [2.75, 3.05) is 0 Å². The summed E-state index contributed by atoms with van der Waals surface area (Å²) in [6.45, 7) is 2.27. The van der Waals surface area contributed by atoms with Gasteiger partial charge in [-0.25, -0.2) is 0 Å². The Morgan fingerprint density at radius 3 is 2.65 bits per heavy atom. The molecule has 1 aromatic carbocycles. The summed E-state index contributed by atoms with van der Waals surface area (Å²) in [6.07, 6.45) is 4.49. The van der Waals surface area contributed by atoms with Crippen molar-refractivity contribution in [2.45, 2.75) is 38.6 Å². The van der Waals surface area contributed by atoms with Crippen molar-refractivity contribution in [3.63, 3.8) is 0 Å². The number of hydrogen-bond donors (Lipinski definition) is 2. The molecule has 1 aliphatic rings. The normalized spacial score (nSPS) is 22.9. The van der Waals surface area contributed by atoms with Gasteiger partial charge in [0.2, 0.25) is 0 Å². The summed E-state index contributed by atoms with van der Waals surface area (Å²) in [4.78, 5) is 15.5. The van der Waals surface area contributed by atoms with Crippen LogP contribution < -0.4 is 5.32 Å². The van der Waals surface area contributed by atoms with Gasteiger partial charge in [-0.05, 0) is 37.7 Å². The maximum absolute atomic E-state index is 12.4. The van der Waals surface area contributed by atoms with Gasteiger partial charge in [0, 0.05) is 16.9 Å². The van der Waals surface area contributed by atoms with Gasteiger partial charge in [-0.1, -0.05) is 36.7 Å². The lowest BCUT2D eigenvalue weighted by molar-refractivity contribution is 0.0919. The van der Waals surface area contributed by atoms with Crippen molar-refractivity contribution < 1.29 is 4.79 Å². The molecule has 0 aliphatic heterocycles. The van der Waals surface area contributed by atoms with Crippen LogP contribution in [0.3, 0.4) is 0 Å². The fourth-order valence-electron chi connectivity index (χ4n) is 2.93. The van der Waals surface area contributed by atoms with Crippen LogP contribution in [0.1, 0.15) is 43.1 Å². The zero-order chi connectivity index (χ0) is 14.1. The Hall–Kier alpha value is -1.48. The van der Waals surface area contributed by atoms with E-state index in [-0.39, 0.29) is 11.9 Å². The lowest BCUT2D eigenvalue weighted by Gasteiger charge is -2.26. The third-order valence-electron chi connectivity index (χ3n) is 4.22. The molecule has 3 rings (SSSR count). The smallest absolute Gasteiger partial charge is 0.269 e. The second-order valence-corrected chi connectivity index (χ2v) is 6.17. The Bertz CT molecular complexity index is 626. The van der Waals surface area contributed by atoms with Gasteiger partial charge in [-0.15, -0.1) is 0 Å². The Balaban J connectivity index is 1.77. The van der Waals surface area contributed by atoms with Crippen molar-refractivity contribution in [2.24, 2.45) is 5.92 Å². The summed E-state index contributed by atoms with van der Waals surface area (Å²) < 4.78 is 0. The molecule has 3 nitrogen and oxygen atoms in total. The molecule has 0 spiro atoms. The second kappa shape index (κ2) is 5.49. The number of para-hydroxylation sites is 1. The average Bonchev–Trinajstić information content (AvgIpc) is 2.79. The van der Waals surface area contributed by atoms with Crippen molar-refractivity contribution >= 4 is 28.4 Å². The number of fused-ring (bicyclic) bond motifs is 1. The second-order valence-electron chi connectivity index (χ2n) is 5.79. The molecule has 20 heavy (non-hydrogen) atoms. The van der Waals surface area contributed by atoms with Gasteiger partial charge in [-0.2, -0.15) is 0 Å². The van der Waals surface area contributed by atoms with Crippen LogP contribution in [0.25, 0.3) is 10.9 Å². The highest BCUT2D eigenvalue weighted by Crippen LogP contribution is 2.28. The van der Waals surface area contributed by atoms with E-state index < -0.39 is 0 Å². The van der Waals surface area contributed by atoms with Crippen LogP contribution in [0.2, 0.25) is 5.02 Å². The number of rotatable bonds is 2.